The van der Waals surface area contributed by atoms with Gasteiger partial charge in [0.25, 0.3) is 0 Å². The van der Waals surface area contributed by atoms with E-state index in [1.54, 1.807) is 7.11 Å². The summed E-state index contributed by atoms with van der Waals surface area (Å²) >= 11 is 0. The quantitative estimate of drug-likeness (QED) is 0.780. The maximum absolute atomic E-state index is 11.9. The summed E-state index contributed by atoms with van der Waals surface area (Å²) in [7, 11) is 1.67. The van der Waals surface area contributed by atoms with Crippen molar-refractivity contribution < 1.29 is 9.53 Å². The molecule has 0 spiro atoms. The minimum absolute atomic E-state index is 0.0478. The molecule has 1 aromatic carbocycles. The van der Waals surface area contributed by atoms with Crippen LogP contribution in [-0.4, -0.2) is 12.9 Å². The second-order valence-electron chi connectivity index (χ2n) is 4.98. The highest BCUT2D eigenvalue weighted by Gasteiger charge is 2.18. The fourth-order valence-corrected chi connectivity index (χ4v) is 2.02. The first-order valence-electron chi connectivity index (χ1n) is 6.13. The molecular weight excluding hydrogens is 212 g/mol. The average Bonchev–Trinajstić information content (AvgIpc) is 2.30. The molecule has 0 saturated heterocycles. The van der Waals surface area contributed by atoms with Gasteiger partial charge in [-0.1, -0.05) is 32.9 Å². The SMILES string of the molecule is COc1cc(C)ccc1CC(C)C(=O)C(C)C. The molecule has 0 aliphatic heterocycles. The Morgan fingerprint density at radius 3 is 2.47 bits per heavy atom. The molecule has 2 heteroatoms. The van der Waals surface area contributed by atoms with Gasteiger partial charge in [0.05, 0.1) is 7.11 Å². The summed E-state index contributed by atoms with van der Waals surface area (Å²) in [5.74, 6) is 1.34. The van der Waals surface area contributed by atoms with Gasteiger partial charge in [0.2, 0.25) is 0 Å². The molecule has 1 aromatic rings. The molecule has 0 aromatic heterocycles. The van der Waals surface area contributed by atoms with Crippen LogP contribution in [0.2, 0.25) is 0 Å². The third kappa shape index (κ3) is 3.58. The highest BCUT2D eigenvalue weighted by Crippen LogP contribution is 2.24. The lowest BCUT2D eigenvalue weighted by atomic mass is 9.90. The number of methoxy groups -OCH3 is 1. The largest absolute Gasteiger partial charge is 0.496 e. The lowest BCUT2D eigenvalue weighted by Crippen LogP contribution is -2.19. The van der Waals surface area contributed by atoms with Gasteiger partial charge in [0.15, 0.2) is 0 Å². The second-order valence-corrected chi connectivity index (χ2v) is 4.98. The number of carbonyl (C=O) groups is 1. The minimum Gasteiger partial charge on any atom is -0.496 e. The first kappa shape index (κ1) is 13.8. The normalized spacial score (nSPS) is 12.6. The van der Waals surface area contributed by atoms with E-state index in [2.05, 4.69) is 12.1 Å². The van der Waals surface area contributed by atoms with Crippen LogP contribution in [0.3, 0.4) is 0 Å². The van der Waals surface area contributed by atoms with Gasteiger partial charge in [0, 0.05) is 11.8 Å². The van der Waals surface area contributed by atoms with Crippen LogP contribution in [0.15, 0.2) is 18.2 Å². The number of carbonyl (C=O) groups excluding carboxylic acids is 1. The lowest BCUT2D eigenvalue weighted by molar-refractivity contribution is -0.125. The van der Waals surface area contributed by atoms with Crippen LogP contribution in [0.4, 0.5) is 0 Å². The van der Waals surface area contributed by atoms with Crippen LogP contribution in [-0.2, 0) is 11.2 Å². The number of ether oxygens (including phenoxy) is 1. The van der Waals surface area contributed by atoms with E-state index < -0.39 is 0 Å². The molecule has 1 rings (SSSR count). The van der Waals surface area contributed by atoms with E-state index in [1.807, 2.05) is 33.8 Å². The number of ketones is 1. The molecular formula is C15H22O2. The van der Waals surface area contributed by atoms with Gasteiger partial charge in [-0.15, -0.1) is 0 Å². The predicted molar refractivity (Wildman–Crippen MR) is 70.4 cm³/mol. The summed E-state index contributed by atoms with van der Waals surface area (Å²) in [6.07, 6.45) is 0.750. The van der Waals surface area contributed by atoms with Crippen molar-refractivity contribution in [2.75, 3.05) is 7.11 Å². The van der Waals surface area contributed by atoms with E-state index in [0.29, 0.717) is 5.78 Å². The Hall–Kier alpha value is -1.31. The van der Waals surface area contributed by atoms with Crippen LogP contribution < -0.4 is 4.74 Å². The summed E-state index contributed by atoms with van der Waals surface area (Å²) < 4.78 is 5.36. The van der Waals surface area contributed by atoms with Crippen LogP contribution in [0, 0.1) is 18.8 Å². The van der Waals surface area contributed by atoms with Crippen molar-refractivity contribution in [3.63, 3.8) is 0 Å². The van der Waals surface area contributed by atoms with E-state index in [-0.39, 0.29) is 11.8 Å². The zero-order valence-electron chi connectivity index (χ0n) is 11.4. The number of hydrogen-bond acceptors (Lipinski definition) is 2. The third-order valence-electron chi connectivity index (χ3n) is 3.02. The Balaban J connectivity index is 2.84. The maximum atomic E-state index is 11.9. The average molecular weight is 234 g/mol. The summed E-state index contributed by atoms with van der Waals surface area (Å²) in [6, 6.07) is 6.13. The molecule has 0 bridgehead atoms. The summed E-state index contributed by atoms with van der Waals surface area (Å²) in [4.78, 5) is 11.9. The smallest absolute Gasteiger partial charge is 0.138 e. The van der Waals surface area contributed by atoms with E-state index in [1.165, 1.54) is 5.56 Å². The zero-order chi connectivity index (χ0) is 13.0. The zero-order valence-corrected chi connectivity index (χ0v) is 11.4. The maximum Gasteiger partial charge on any atom is 0.138 e. The van der Waals surface area contributed by atoms with Crippen molar-refractivity contribution in [3.05, 3.63) is 29.3 Å². The van der Waals surface area contributed by atoms with E-state index in [4.69, 9.17) is 4.74 Å². The summed E-state index contributed by atoms with van der Waals surface area (Å²) in [5, 5.41) is 0. The van der Waals surface area contributed by atoms with Gasteiger partial charge in [-0.3, -0.25) is 4.79 Å². The highest BCUT2D eigenvalue weighted by molar-refractivity contribution is 5.82. The Morgan fingerprint density at radius 2 is 1.94 bits per heavy atom. The molecule has 2 nitrogen and oxygen atoms in total. The first-order valence-corrected chi connectivity index (χ1v) is 6.13. The Labute approximate surface area is 104 Å². The van der Waals surface area contributed by atoms with Crippen LogP contribution in [0.25, 0.3) is 0 Å². The van der Waals surface area contributed by atoms with Crippen molar-refractivity contribution in [1.29, 1.82) is 0 Å². The Bertz CT molecular complexity index is 394. The molecule has 0 radical (unpaired) electrons. The molecule has 0 aliphatic rings. The number of Topliss-reactive ketones (excluding diaryl/α,β-unsaturated/α-hetero) is 1. The summed E-state index contributed by atoms with van der Waals surface area (Å²) in [5.41, 5.74) is 2.29. The summed E-state index contributed by atoms with van der Waals surface area (Å²) in [6.45, 7) is 7.92. The van der Waals surface area contributed by atoms with Gasteiger partial charge >= 0.3 is 0 Å². The topological polar surface area (TPSA) is 26.3 Å². The van der Waals surface area contributed by atoms with Gasteiger partial charge in [-0.05, 0) is 30.5 Å². The van der Waals surface area contributed by atoms with Crippen molar-refractivity contribution in [2.45, 2.75) is 34.1 Å². The number of aryl methyl sites for hydroxylation is 1. The lowest BCUT2D eigenvalue weighted by Gasteiger charge is -2.15. The molecule has 0 heterocycles. The molecule has 0 fully saturated rings. The fourth-order valence-electron chi connectivity index (χ4n) is 2.02. The molecule has 1 unspecified atom stereocenters. The molecule has 0 aliphatic carbocycles. The molecule has 0 saturated carbocycles. The van der Waals surface area contributed by atoms with Crippen molar-refractivity contribution >= 4 is 5.78 Å². The van der Waals surface area contributed by atoms with Crippen LogP contribution in [0.5, 0.6) is 5.75 Å². The van der Waals surface area contributed by atoms with Crippen molar-refractivity contribution in [1.82, 2.24) is 0 Å². The first-order chi connectivity index (χ1) is 7.95. The Kier molecular flexibility index (Phi) is 4.73. The standard InChI is InChI=1S/C15H22O2/c1-10(2)15(16)12(4)9-13-7-6-11(3)8-14(13)17-5/h6-8,10,12H,9H2,1-5H3. The molecule has 0 N–H and O–H groups in total. The molecule has 94 valence electrons. The van der Waals surface area contributed by atoms with Crippen molar-refractivity contribution in [2.24, 2.45) is 11.8 Å². The predicted octanol–water partition coefficient (Wildman–Crippen LogP) is 3.41. The number of benzene rings is 1. The number of hydrogen-bond donors (Lipinski definition) is 0. The Morgan fingerprint density at radius 1 is 1.29 bits per heavy atom. The third-order valence-corrected chi connectivity index (χ3v) is 3.02. The van der Waals surface area contributed by atoms with E-state index in [0.717, 1.165) is 17.7 Å². The monoisotopic (exact) mass is 234 g/mol. The van der Waals surface area contributed by atoms with Gasteiger partial charge < -0.3 is 4.74 Å². The van der Waals surface area contributed by atoms with Gasteiger partial charge in [-0.25, -0.2) is 0 Å². The number of rotatable bonds is 5. The van der Waals surface area contributed by atoms with E-state index >= 15 is 0 Å². The van der Waals surface area contributed by atoms with E-state index in [9.17, 15) is 4.79 Å². The fraction of sp³-hybridized carbons (Fsp3) is 0.533. The highest BCUT2D eigenvalue weighted by atomic mass is 16.5. The van der Waals surface area contributed by atoms with Gasteiger partial charge in [0.1, 0.15) is 11.5 Å². The molecule has 0 amide bonds. The molecule has 1 atom stereocenters. The van der Waals surface area contributed by atoms with Crippen LogP contribution >= 0.6 is 0 Å². The minimum atomic E-state index is 0.0478. The second kappa shape index (κ2) is 5.85. The molecule has 17 heavy (non-hydrogen) atoms. The van der Waals surface area contributed by atoms with Gasteiger partial charge in [-0.2, -0.15) is 0 Å². The van der Waals surface area contributed by atoms with Crippen molar-refractivity contribution in [3.8, 4) is 5.75 Å². The van der Waals surface area contributed by atoms with Crippen LogP contribution in [0.1, 0.15) is 31.9 Å².